The van der Waals surface area contributed by atoms with Gasteiger partial charge in [0.15, 0.2) is 0 Å². The summed E-state index contributed by atoms with van der Waals surface area (Å²) in [4.78, 5) is 0. The standard InChI is InChI=1S/C15H24/c1-9-6-8-12-14(15(12,3)4)13-10(2)5-7-11(9)13/h6,10-14H,5,7-8H2,1-4H3/t10-,11+,12+,13-,14+/m0/s1. The van der Waals surface area contributed by atoms with E-state index in [0.29, 0.717) is 5.41 Å². The summed E-state index contributed by atoms with van der Waals surface area (Å²) in [5, 5.41) is 0. The Hall–Kier alpha value is -0.260. The maximum absolute atomic E-state index is 2.56. The van der Waals surface area contributed by atoms with Gasteiger partial charge >= 0.3 is 0 Å². The van der Waals surface area contributed by atoms with Gasteiger partial charge in [0, 0.05) is 0 Å². The Morgan fingerprint density at radius 1 is 1.27 bits per heavy atom. The van der Waals surface area contributed by atoms with Crippen molar-refractivity contribution >= 4 is 0 Å². The SMILES string of the molecule is CC1=CC[C@@H]2[C@H]([C@@H]3[C@@H]1CC[C@@H]3C)C2(C)C. The van der Waals surface area contributed by atoms with Crippen molar-refractivity contribution in [3.63, 3.8) is 0 Å². The minimum absolute atomic E-state index is 0.652. The molecule has 84 valence electrons. The lowest BCUT2D eigenvalue weighted by atomic mass is 9.80. The number of rotatable bonds is 0. The van der Waals surface area contributed by atoms with E-state index in [9.17, 15) is 0 Å². The van der Waals surface area contributed by atoms with Crippen LogP contribution in [-0.4, -0.2) is 0 Å². The number of allylic oxidation sites excluding steroid dienone is 2. The predicted molar refractivity (Wildman–Crippen MR) is 64.5 cm³/mol. The van der Waals surface area contributed by atoms with E-state index >= 15 is 0 Å². The molecule has 0 heteroatoms. The van der Waals surface area contributed by atoms with Crippen LogP contribution in [0.2, 0.25) is 0 Å². The van der Waals surface area contributed by atoms with Crippen molar-refractivity contribution in [2.75, 3.05) is 0 Å². The molecule has 3 rings (SSSR count). The molecule has 0 bridgehead atoms. The number of fused-ring (bicyclic) bond motifs is 3. The van der Waals surface area contributed by atoms with Gasteiger partial charge in [0.2, 0.25) is 0 Å². The Morgan fingerprint density at radius 2 is 2.00 bits per heavy atom. The molecule has 2 saturated carbocycles. The van der Waals surface area contributed by atoms with Crippen LogP contribution in [0.25, 0.3) is 0 Å². The molecule has 0 aromatic rings. The van der Waals surface area contributed by atoms with E-state index in [1.165, 1.54) is 19.3 Å². The van der Waals surface area contributed by atoms with Crippen LogP contribution in [-0.2, 0) is 0 Å². The molecular formula is C15H24. The summed E-state index contributed by atoms with van der Waals surface area (Å²) in [6, 6.07) is 0. The van der Waals surface area contributed by atoms with E-state index in [0.717, 1.165) is 29.6 Å². The maximum Gasteiger partial charge on any atom is -0.0172 e. The maximum atomic E-state index is 2.56. The van der Waals surface area contributed by atoms with Crippen molar-refractivity contribution in [3.8, 4) is 0 Å². The van der Waals surface area contributed by atoms with Crippen molar-refractivity contribution in [2.24, 2.45) is 35.0 Å². The third-order valence-electron chi connectivity index (χ3n) is 5.89. The molecule has 0 N–H and O–H groups in total. The normalized spacial score (nSPS) is 51.5. The molecule has 0 nitrogen and oxygen atoms in total. The molecule has 0 unspecified atom stereocenters. The minimum atomic E-state index is 0.652. The molecule has 2 fully saturated rings. The Balaban J connectivity index is 1.96. The van der Waals surface area contributed by atoms with E-state index in [4.69, 9.17) is 0 Å². The Bertz CT molecular complexity index is 310. The van der Waals surface area contributed by atoms with Crippen LogP contribution in [0.1, 0.15) is 47.0 Å². The predicted octanol–water partition coefficient (Wildman–Crippen LogP) is 4.27. The molecule has 0 aromatic carbocycles. The highest BCUT2D eigenvalue weighted by Crippen LogP contribution is 2.69. The Kier molecular flexibility index (Phi) is 1.92. The highest BCUT2D eigenvalue weighted by Gasteiger charge is 2.63. The smallest absolute Gasteiger partial charge is 0.0172 e. The zero-order valence-electron chi connectivity index (χ0n) is 10.6. The second kappa shape index (κ2) is 2.90. The molecule has 0 aliphatic heterocycles. The second-order valence-corrected chi connectivity index (χ2v) is 6.88. The van der Waals surface area contributed by atoms with Crippen LogP contribution >= 0.6 is 0 Å². The Labute approximate surface area is 94.1 Å². The van der Waals surface area contributed by atoms with Gasteiger partial charge in [-0.1, -0.05) is 32.4 Å². The first kappa shape index (κ1) is 9.93. The van der Waals surface area contributed by atoms with Crippen molar-refractivity contribution in [2.45, 2.75) is 47.0 Å². The summed E-state index contributed by atoms with van der Waals surface area (Å²) >= 11 is 0. The first-order valence-electron chi connectivity index (χ1n) is 6.70. The molecule has 5 atom stereocenters. The second-order valence-electron chi connectivity index (χ2n) is 6.88. The van der Waals surface area contributed by atoms with E-state index in [1.54, 1.807) is 5.57 Å². The third kappa shape index (κ3) is 1.20. The van der Waals surface area contributed by atoms with Crippen LogP contribution in [0.3, 0.4) is 0 Å². The number of hydrogen-bond acceptors (Lipinski definition) is 0. The van der Waals surface area contributed by atoms with Gasteiger partial charge in [-0.3, -0.25) is 0 Å². The molecule has 0 aromatic heterocycles. The van der Waals surface area contributed by atoms with Crippen LogP contribution in [0, 0.1) is 35.0 Å². The monoisotopic (exact) mass is 204 g/mol. The van der Waals surface area contributed by atoms with Gasteiger partial charge in [-0.25, -0.2) is 0 Å². The molecule has 0 amide bonds. The fraction of sp³-hybridized carbons (Fsp3) is 0.867. The topological polar surface area (TPSA) is 0 Å². The third-order valence-corrected chi connectivity index (χ3v) is 5.89. The van der Waals surface area contributed by atoms with Gasteiger partial charge in [-0.15, -0.1) is 0 Å². The van der Waals surface area contributed by atoms with Gasteiger partial charge in [0.25, 0.3) is 0 Å². The van der Waals surface area contributed by atoms with Gasteiger partial charge < -0.3 is 0 Å². The highest BCUT2D eigenvalue weighted by atomic mass is 14.7. The first-order chi connectivity index (χ1) is 7.03. The average Bonchev–Trinajstić information content (AvgIpc) is 2.55. The molecule has 0 radical (unpaired) electrons. The molecular weight excluding hydrogens is 180 g/mol. The summed E-state index contributed by atoms with van der Waals surface area (Å²) in [5.41, 5.74) is 2.37. The summed E-state index contributed by atoms with van der Waals surface area (Å²) in [6.45, 7) is 9.88. The van der Waals surface area contributed by atoms with E-state index < -0.39 is 0 Å². The van der Waals surface area contributed by atoms with Crippen molar-refractivity contribution in [1.82, 2.24) is 0 Å². The van der Waals surface area contributed by atoms with Crippen molar-refractivity contribution < 1.29 is 0 Å². The Morgan fingerprint density at radius 3 is 2.73 bits per heavy atom. The van der Waals surface area contributed by atoms with Gasteiger partial charge in [0.1, 0.15) is 0 Å². The average molecular weight is 204 g/mol. The minimum Gasteiger partial charge on any atom is -0.0850 e. The van der Waals surface area contributed by atoms with E-state index in [1.807, 2.05) is 0 Å². The zero-order chi connectivity index (χ0) is 10.8. The molecule has 0 saturated heterocycles. The van der Waals surface area contributed by atoms with E-state index in [2.05, 4.69) is 33.8 Å². The lowest BCUT2D eigenvalue weighted by Gasteiger charge is -2.25. The lowest BCUT2D eigenvalue weighted by molar-refractivity contribution is 0.279. The lowest BCUT2D eigenvalue weighted by Crippen LogP contribution is -2.18. The van der Waals surface area contributed by atoms with Gasteiger partial charge in [-0.05, 0) is 61.2 Å². The van der Waals surface area contributed by atoms with Gasteiger partial charge in [0.05, 0.1) is 0 Å². The van der Waals surface area contributed by atoms with Crippen molar-refractivity contribution in [1.29, 1.82) is 0 Å². The largest absolute Gasteiger partial charge is 0.0850 e. The zero-order valence-corrected chi connectivity index (χ0v) is 10.6. The summed E-state index contributed by atoms with van der Waals surface area (Å²) < 4.78 is 0. The fourth-order valence-electron chi connectivity index (χ4n) is 4.82. The number of hydrogen-bond donors (Lipinski definition) is 0. The molecule has 3 aliphatic rings. The molecule has 0 spiro atoms. The quantitative estimate of drug-likeness (QED) is 0.517. The summed E-state index contributed by atoms with van der Waals surface area (Å²) in [7, 11) is 0. The van der Waals surface area contributed by atoms with Crippen LogP contribution in [0.5, 0.6) is 0 Å². The molecule has 0 heterocycles. The van der Waals surface area contributed by atoms with Crippen LogP contribution in [0.4, 0.5) is 0 Å². The molecule has 3 aliphatic carbocycles. The highest BCUT2D eigenvalue weighted by molar-refractivity contribution is 5.22. The fourth-order valence-corrected chi connectivity index (χ4v) is 4.82. The first-order valence-corrected chi connectivity index (χ1v) is 6.70. The van der Waals surface area contributed by atoms with Crippen molar-refractivity contribution in [3.05, 3.63) is 11.6 Å². The summed E-state index contributed by atoms with van der Waals surface area (Å²) in [5.74, 6) is 4.97. The van der Waals surface area contributed by atoms with Gasteiger partial charge in [-0.2, -0.15) is 0 Å². The summed E-state index contributed by atoms with van der Waals surface area (Å²) in [6.07, 6.45) is 6.87. The van der Waals surface area contributed by atoms with Crippen LogP contribution < -0.4 is 0 Å². The van der Waals surface area contributed by atoms with E-state index in [-0.39, 0.29) is 0 Å². The van der Waals surface area contributed by atoms with Crippen LogP contribution in [0.15, 0.2) is 11.6 Å². The molecule has 15 heavy (non-hydrogen) atoms.